The lowest BCUT2D eigenvalue weighted by Crippen LogP contribution is -2.54. The van der Waals surface area contributed by atoms with Crippen LogP contribution in [0, 0.1) is 52.3 Å². The number of hydrogen-bond acceptors (Lipinski definition) is 4. The number of ether oxygens (including phenoxy) is 1. The first kappa shape index (κ1) is 24.3. The van der Waals surface area contributed by atoms with Gasteiger partial charge in [0.25, 0.3) is 0 Å². The van der Waals surface area contributed by atoms with Crippen LogP contribution in [0.2, 0.25) is 0 Å². The number of fused-ring (bicyclic) bond motifs is 5. The molecule has 1 aromatic rings. The predicted octanol–water partition coefficient (Wildman–Crippen LogP) is 5.96. The smallest absolute Gasteiger partial charge is 0.102 e. The van der Waals surface area contributed by atoms with Gasteiger partial charge >= 0.3 is 0 Å². The highest BCUT2D eigenvalue weighted by Crippen LogP contribution is 2.66. The molecule has 1 aromatic heterocycles. The number of aliphatic hydroxyl groups is 1. The third kappa shape index (κ3) is 3.94. The van der Waals surface area contributed by atoms with Crippen molar-refractivity contribution in [2.24, 2.45) is 40.9 Å². The second-order valence-electron chi connectivity index (χ2n) is 12.9. The quantitative estimate of drug-likeness (QED) is 0.560. The molecule has 0 bridgehead atoms. The van der Waals surface area contributed by atoms with Crippen molar-refractivity contribution in [1.29, 1.82) is 5.26 Å². The third-order valence-electron chi connectivity index (χ3n) is 11.3. The number of hydrogen-bond donors (Lipinski definition) is 1. The Balaban J connectivity index is 1.33. The molecule has 4 fully saturated rings. The van der Waals surface area contributed by atoms with Crippen LogP contribution in [0.25, 0.3) is 0 Å². The van der Waals surface area contributed by atoms with Crippen molar-refractivity contribution < 1.29 is 9.84 Å². The molecule has 0 spiro atoms. The van der Waals surface area contributed by atoms with Crippen LogP contribution in [0.1, 0.15) is 97.0 Å². The molecule has 0 radical (unpaired) electrons. The SMILES string of the molecule is CCC[C@@]1(O)CC[C@H]2[C@H](CC[C@@H]3[C@@H]2CC[C@@]2(C)[C@H]3CC[C@@H]2[C@@](C)(Cn2cc(C#N)cn2)OC)C1. The number of nitrogens with zero attached hydrogens (tertiary/aromatic N) is 3. The fourth-order valence-corrected chi connectivity index (χ4v) is 9.80. The summed E-state index contributed by atoms with van der Waals surface area (Å²) in [6.07, 6.45) is 16.8. The molecule has 5 heteroatoms. The Bertz CT molecular complexity index is 923. The number of rotatable bonds is 6. The summed E-state index contributed by atoms with van der Waals surface area (Å²) in [5.74, 6) is 4.58. The van der Waals surface area contributed by atoms with Crippen LogP contribution in [-0.4, -0.2) is 33.2 Å². The summed E-state index contributed by atoms with van der Waals surface area (Å²) in [5, 5.41) is 24.8. The van der Waals surface area contributed by atoms with Gasteiger partial charge in [-0.1, -0.05) is 20.3 Å². The van der Waals surface area contributed by atoms with Gasteiger partial charge in [0.05, 0.1) is 29.5 Å². The van der Waals surface area contributed by atoms with Crippen LogP contribution in [-0.2, 0) is 11.3 Å². The van der Waals surface area contributed by atoms with Gasteiger partial charge in [-0.3, -0.25) is 4.68 Å². The first-order valence-electron chi connectivity index (χ1n) is 14.0. The summed E-state index contributed by atoms with van der Waals surface area (Å²) in [4.78, 5) is 0. The summed E-state index contributed by atoms with van der Waals surface area (Å²) in [7, 11) is 1.86. The normalized spacial score (nSPS) is 43.3. The first-order chi connectivity index (χ1) is 16.2. The fraction of sp³-hybridized carbons (Fsp3) is 0.862. The van der Waals surface area contributed by atoms with Crippen LogP contribution in [0.5, 0.6) is 0 Å². The number of nitriles is 1. The zero-order valence-electron chi connectivity index (χ0n) is 21.8. The van der Waals surface area contributed by atoms with Crippen molar-refractivity contribution in [2.75, 3.05) is 7.11 Å². The zero-order valence-corrected chi connectivity index (χ0v) is 21.8. The summed E-state index contributed by atoms with van der Waals surface area (Å²) >= 11 is 0. The minimum atomic E-state index is -0.386. The van der Waals surface area contributed by atoms with E-state index in [-0.39, 0.29) is 11.2 Å². The molecule has 34 heavy (non-hydrogen) atoms. The highest BCUT2D eigenvalue weighted by molar-refractivity contribution is 5.22. The van der Waals surface area contributed by atoms with Gasteiger partial charge in [0, 0.05) is 13.3 Å². The van der Waals surface area contributed by atoms with E-state index < -0.39 is 0 Å². The molecule has 5 rings (SSSR count). The van der Waals surface area contributed by atoms with E-state index in [9.17, 15) is 10.4 Å². The van der Waals surface area contributed by atoms with Crippen LogP contribution in [0.4, 0.5) is 0 Å². The average molecular weight is 468 g/mol. The molecule has 4 aliphatic rings. The lowest BCUT2D eigenvalue weighted by Gasteiger charge is -2.58. The summed E-state index contributed by atoms with van der Waals surface area (Å²) in [6, 6.07) is 2.20. The zero-order chi connectivity index (χ0) is 24.1. The van der Waals surface area contributed by atoms with E-state index in [1.165, 1.54) is 44.9 Å². The van der Waals surface area contributed by atoms with Gasteiger partial charge in [-0.2, -0.15) is 10.4 Å². The molecule has 5 nitrogen and oxygen atoms in total. The number of methoxy groups -OCH3 is 1. The van der Waals surface area contributed by atoms with Crippen LogP contribution in [0.15, 0.2) is 12.4 Å². The largest absolute Gasteiger partial charge is 0.390 e. The van der Waals surface area contributed by atoms with Crippen LogP contribution >= 0.6 is 0 Å². The molecule has 0 saturated heterocycles. The van der Waals surface area contributed by atoms with Crippen LogP contribution in [0.3, 0.4) is 0 Å². The third-order valence-corrected chi connectivity index (χ3v) is 11.3. The van der Waals surface area contributed by atoms with Gasteiger partial charge in [-0.05, 0) is 112 Å². The second kappa shape index (κ2) is 8.93. The molecule has 1 N–H and O–H groups in total. The maximum absolute atomic E-state index is 11.1. The lowest BCUT2D eigenvalue weighted by molar-refractivity contribution is -0.139. The molecule has 4 aliphatic carbocycles. The van der Waals surface area contributed by atoms with Crippen molar-refractivity contribution in [3.05, 3.63) is 18.0 Å². The van der Waals surface area contributed by atoms with Crippen molar-refractivity contribution >= 4 is 0 Å². The molecule has 0 aliphatic heterocycles. The minimum absolute atomic E-state index is 0.284. The topological polar surface area (TPSA) is 71.1 Å². The van der Waals surface area contributed by atoms with Gasteiger partial charge in [0.1, 0.15) is 6.07 Å². The van der Waals surface area contributed by atoms with Gasteiger partial charge in [0.2, 0.25) is 0 Å². The lowest BCUT2D eigenvalue weighted by atomic mass is 9.48. The van der Waals surface area contributed by atoms with Gasteiger partial charge in [-0.25, -0.2) is 0 Å². The number of aromatic nitrogens is 2. The Hall–Kier alpha value is -1.38. The Morgan fingerprint density at radius 2 is 1.97 bits per heavy atom. The van der Waals surface area contributed by atoms with Crippen molar-refractivity contribution in [2.45, 2.75) is 109 Å². The highest BCUT2D eigenvalue weighted by atomic mass is 16.5. The summed E-state index contributed by atoms with van der Waals surface area (Å²) < 4.78 is 8.19. The summed E-state index contributed by atoms with van der Waals surface area (Å²) in [5.41, 5.74) is 0.252. The highest BCUT2D eigenvalue weighted by Gasteiger charge is 2.61. The fourth-order valence-electron chi connectivity index (χ4n) is 9.80. The van der Waals surface area contributed by atoms with E-state index in [4.69, 9.17) is 4.74 Å². The predicted molar refractivity (Wildman–Crippen MR) is 133 cm³/mol. The maximum atomic E-state index is 11.1. The molecule has 9 atom stereocenters. The average Bonchev–Trinajstić information content (AvgIpc) is 3.42. The van der Waals surface area contributed by atoms with E-state index in [0.29, 0.717) is 23.4 Å². The maximum Gasteiger partial charge on any atom is 0.102 e. The second-order valence-corrected chi connectivity index (χ2v) is 12.9. The summed E-state index contributed by atoms with van der Waals surface area (Å²) in [6.45, 7) is 7.76. The van der Waals surface area contributed by atoms with Crippen molar-refractivity contribution in [3.8, 4) is 6.07 Å². The molecular formula is C29H45N3O2. The monoisotopic (exact) mass is 467 g/mol. The molecule has 1 heterocycles. The molecule has 0 amide bonds. The Labute approximate surface area is 206 Å². The first-order valence-corrected chi connectivity index (χ1v) is 14.0. The van der Waals surface area contributed by atoms with Crippen molar-refractivity contribution in [1.82, 2.24) is 9.78 Å². The Kier molecular flexibility index (Phi) is 6.39. The Morgan fingerprint density at radius 1 is 1.18 bits per heavy atom. The van der Waals surface area contributed by atoms with Gasteiger partial charge < -0.3 is 9.84 Å². The van der Waals surface area contributed by atoms with Crippen molar-refractivity contribution in [3.63, 3.8) is 0 Å². The van der Waals surface area contributed by atoms with E-state index in [0.717, 1.165) is 55.3 Å². The minimum Gasteiger partial charge on any atom is -0.390 e. The molecule has 4 saturated carbocycles. The van der Waals surface area contributed by atoms with E-state index >= 15 is 0 Å². The van der Waals surface area contributed by atoms with Crippen LogP contribution < -0.4 is 0 Å². The standard InChI is InChI=1S/C29H45N3O2/c1-5-12-29(33)14-11-22-21(15-29)6-7-24-23(22)10-13-27(2)25(24)8-9-26(27)28(3,34-4)19-32-18-20(16-30)17-31-32/h17-18,21-26,33H,5-15,19H2,1-4H3/t21-,22+,23-,24-,25+,26+,27+,28-,29-/m1/s1. The van der Waals surface area contributed by atoms with E-state index in [1.807, 2.05) is 18.0 Å². The van der Waals surface area contributed by atoms with Gasteiger partial charge in [-0.15, -0.1) is 0 Å². The molecule has 188 valence electrons. The van der Waals surface area contributed by atoms with E-state index in [2.05, 4.69) is 31.9 Å². The molecular weight excluding hydrogens is 422 g/mol. The van der Waals surface area contributed by atoms with E-state index in [1.54, 1.807) is 6.20 Å². The van der Waals surface area contributed by atoms with Gasteiger partial charge in [0.15, 0.2) is 0 Å². The molecule has 0 unspecified atom stereocenters. The Morgan fingerprint density at radius 3 is 2.68 bits per heavy atom. The molecule has 0 aromatic carbocycles.